The number of methoxy groups -OCH3 is 1. The Morgan fingerprint density at radius 3 is 2.82 bits per heavy atom. The number of anilines is 1. The predicted molar refractivity (Wildman–Crippen MR) is 82.5 cm³/mol. The number of nitrogens with one attached hydrogen (secondary N) is 2. The standard InChI is InChI=1S/C11H14Br2N2OS/c1-7(6-16-2)14-11(17)15-10-5-8(12)3-4-9(10)13/h3-5,7H,6H2,1-2H3,(H2,14,15,17). The molecule has 1 aromatic carbocycles. The Labute approximate surface area is 124 Å². The first kappa shape index (κ1) is 14.9. The summed E-state index contributed by atoms with van der Waals surface area (Å²) in [5.74, 6) is 0. The van der Waals surface area contributed by atoms with Gasteiger partial charge in [0.15, 0.2) is 5.11 Å². The molecule has 94 valence electrons. The lowest BCUT2D eigenvalue weighted by atomic mass is 10.3. The van der Waals surface area contributed by atoms with Gasteiger partial charge >= 0.3 is 0 Å². The Hall–Kier alpha value is -0.170. The monoisotopic (exact) mass is 380 g/mol. The average molecular weight is 382 g/mol. The van der Waals surface area contributed by atoms with E-state index in [9.17, 15) is 0 Å². The van der Waals surface area contributed by atoms with Crippen molar-refractivity contribution in [3.05, 3.63) is 27.1 Å². The van der Waals surface area contributed by atoms with E-state index in [2.05, 4.69) is 42.5 Å². The highest BCUT2D eigenvalue weighted by Gasteiger charge is 2.06. The van der Waals surface area contributed by atoms with Gasteiger partial charge in [-0.25, -0.2) is 0 Å². The third-order valence-electron chi connectivity index (χ3n) is 1.97. The molecule has 0 aliphatic heterocycles. The lowest BCUT2D eigenvalue weighted by molar-refractivity contribution is 0.179. The van der Waals surface area contributed by atoms with E-state index in [0.29, 0.717) is 11.7 Å². The molecule has 1 atom stereocenters. The first-order chi connectivity index (χ1) is 8.02. The van der Waals surface area contributed by atoms with Crippen LogP contribution in [-0.4, -0.2) is 24.9 Å². The lowest BCUT2D eigenvalue weighted by Gasteiger charge is -2.16. The number of halogens is 2. The Balaban J connectivity index is 2.58. The van der Waals surface area contributed by atoms with Crippen LogP contribution in [0, 0.1) is 0 Å². The highest BCUT2D eigenvalue weighted by Crippen LogP contribution is 2.25. The zero-order chi connectivity index (χ0) is 12.8. The van der Waals surface area contributed by atoms with E-state index in [1.165, 1.54) is 0 Å². The molecule has 1 unspecified atom stereocenters. The van der Waals surface area contributed by atoms with Crippen LogP contribution >= 0.6 is 44.1 Å². The van der Waals surface area contributed by atoms with Crippen LogP contribution in [0.3, 0.4) is 0 Å². The molecule has 0 bridgehead atoms. The zero-order valence-corrected chi connectivity index (χ0v) is 13.6. The quantitative estimate of drug-likeness (QED) is 0.781. The van der Waals surface area contributed by atoms with Crippen LogP contribution < -0.4 is 10.6 Å². The highest BCUT2D eigenvalue weighted by molar-refractivity contribution is 9.11. The second-order valence-corrected chi connectivity index (χ2v) is 5.76. The molecule has 2 N–H and O–H groups in total. The van der Waals surface area contributed by atoms with E-state index in [4.69, 9.17) is 17.0 Å². The van der Waals surface area contributed by atoms with Gasteiger partial charge in [-0.2, -0.15) is 0 Å². The number of hydrogen-bond donors (Lipinski definition) is 2. The summed E-state index contributed by atoms with van der Waals surface area (Å²) >= 11 is 12.1. The summed E-state index contributed by atoms with van der Waals surface area (Å²) in [5.41, 5.74) is 0.918. The van der Waals surface area contributed by atoms with Gasteiger partial charge in [0.1, 0.15) is 0 Å². The molecule has 17 heavy (non-hydrogen) atoms. The van der Waals surface area contributed by atoms with Gasteiger partial charge in [-0.15, -0.1) is 0 Å². The molecule has 0 aliphatic rings. The molecule has 0 saturated heterocycles. The minimum Gasteiger partial charge on any atom is -0.383 e. The Morgan fingerprint density at radius 2 is 2.18 bits per heavy atom. The molecular weight excluding hydrogens is 368 g/mol. The molecule has 0 heterocycles. The van der Waals surface area contributed by atoms with Crippen molar-refractivity contribution in [3.63, 3.8) is 0 Å². The minimum absolute atomic E-state index is 0.172. The molecule has 0 spiro atoms. The average Bonchev–Trinajstić information content (AvgIpc) is 2.23. The molecule has 0 fully saturated rings. The van der Waals surface area contributed by atoms with E-state index in [0.717, 1.165) is 14.6 Å². The third-order valence-corrected chi connectivity index (χ3v) is 3.38. The highest BCUT2D eigenvalue weighted by atomic mass is 79.9. The Bertz CT molecular complexity index is 401. The largest absolute Gasteiger partial charge is 0.383 e. The van der Waals surface area contributed by atoms with E-state index in [1.54, 1.807) is 7.11 Å². The number of hydrogen-bond acceptors (Lipinski definition) is 2. The van der Waals surface area contributed by atoms with Gasteiger partial charge in [-0.05, 0) is 53.3 Å². The minimum atomic E-state index is 0.172. The van der Waals surface area contributed by atoms with E-state index < -0.39 is 0 Å². The lowest BCUT2D eigenvalue weighted by Crippen LogP contribution is -2.38. The molecular formula is C11H14Br2N2OS. The van der Waals surface area contributed by atoms with Crippen molar-refractivity contribution in [1.29, 1.82) is 0 Å². The maximum Gasteiger partial charge on any atom is 0.171 e. The Morgan fingerprint density at radius 1 is 1.47 bits per heavy atom. The first-order valence-electron chi connectivity index (χ1n) is 5.04. The van der Waals surface area contributed by atoms with Crippen LogP contribution in [0.15, 0.2) is 27.1 Å². The van der Waals surface area contributed by atoms with E-state index in [-0.39, 0.29) is 6.04 Å². The third kappa shape index (κ3) is 5.33. The fourth-order valence-corrected chi connectivity index (χ4v) is 2.29. The van der Waals surface area contributed by atoms with Crippen molar-refractivity contribution >= 4 is 54.9 Å². The first-order valence-corrected chi connectivity index (χ1v) is 7.04. The molecule has 0 aliphatic carbocycles. The van der Waals surface area contributed by atoms with Crippen molar-refractivity contribution in [3.8, 4) is 0 Å². The number of benzene rings is 1. The van der Waals surface area contributed by atoms with Crippen molar-refractivity contribution in [2.45, 2.75) is 13.0 Å². The smallest absolute Gasteiger partial charge is 0.171 e. The molecule has 0 saturated carbocycles. The van der Waals surface area contributed by atoms with Crippen molar-refractivity contribution in [1.82, 2.24) is 5.32 Å². The summed E-state index contributed by atoms with van der Waals surface area (Å²) < 4.78 is 6.99. The summed E-state index contributed by atoms with van der Waals surface area (Å²) in [7, 11) is 1.67. The van der Waals surface area contributed by atoms with Crippen LogP contribution in [0.4, 0.5) is 5.69 Å². The van der Waals surface area contributed by atoms with E-state index in [1.807, 2.05) is 25.1 Å². The fourth-order valence-electron chi connectivity index (χ4n) is 1.27. The zero-order valence-electron chi connectivity index (χ0n) is 9.59. The maximum absolute atomic E-state index is 5.22. The summed E-state index contributed by atoms with van der Waals surface area (Å²) in [5, 5.41) is 6.84. The summed E-state index contributed by atoms with van der Waals surface area (Å²) in [4.78, 5) is 0. The number of ether oxygens (including phenoxy) is 1. The number of rotatable bonds is 4. The van der Waals surface area contributed by atoms with Crippen LogP contribution in [0.2, 0.25) is 0 Å². The molecule has 1 rings (SSSR count). The molecule has 3 nitrogen and oxygen atoms in total. The van der Waals surface area contributed by atoms with Gasteiger partial charge in [-0.3, -0.25) is 0 Å². The molecule has 0 radical (unpaired) electrons. The van der Waals surface area contributed by atoms with Crippen molar-refractivity contribution in [2.75, 3.05) is 19.0 Å². The predicted octanol–water partition coefficient (Wildman–Crippen LogP) is 3.53. The van der Waals surface area contributed by atoms with E-state index >= 15 is 0 Å². The second-order valence-electron chi connectivity index (χ2n) is 3.58. The molecule has 0 aromatic heterocycles. The maximum atomic E-state index is 5.22. The normalized spacial score (nSPS) is 12.0. The van der Waals surface area contributed by atoms with Crippen molar-refractivity contribution < 1.29 is 4.74 Å². The SMILES string of the molecule is COCC(C)NC(=S)Nc1cc(Br)ccc1Br. The van der Waals surface area contributed by atoms with Gasteiger partial charge in [-0.1, -0.05) is 15.9 Å². The van der Waals surface area contributed by atoms with Gasteiger partial charge in [0.25, 0.3) is 0 Å². The number of thiocarbonyl (C=S) groups is 1. The Kier molecular flexibility index (Phi) is 6.40. The van der Waals surface area contributed by atoms with Crippen molar-refractivity contribution in [2.24, 2.45) is 0 Å². The molecule has 6 heteroatoms. The van der Waals surface area contributed by atoms with Gasteiger partial charge in [0, 0.05) is 22.1 Å². The molecule has 0 amide bonds. The molecule has 1 aromatic rings. The van der Waals surface area contributed by atoms with Crippen LogP contribution in [0.1, 0.15) is 6.92 Å². The second kappa shape index (κ2) is 7.31. The summed E-state index contributed by atoms with van der Waals surface area (Å²) in [6.07, 6.45) is 0. The van der Waals surface area contributed by atoms with Crippen LogP contribution in [-0.2, 0) is 4.74 Å². The van der Waals surface area contributed by atoms with Crippen LogP contribution in [0.5, 0.6) is 0 Å². The topological polar surface area (TPSA) is 33.3 Å². The van der Waals surface area contributed by atoms with Crippen LogP contribution in [0.25, 0.3) is 0 Å². The fraction of sp³-hybridized carbons (Fsp3) is 0.364. The summed E-state index contributed by atoms with van der Waals surface area (Å²) in [6, 6.07) is 6.04. The van der Waals surface area contributed by atoms with Gasteiger partial charge in [0.2, 0.25) is 0 Å². The van der Waals surface area contributed by atoms with Gasteiger partial charge < -0.3 is 15.4 Å². The summed E-state index contributed by atoms with van der Waals surface area (Å²) in [6.45, 7) is 2.62. The van der Waals surface area contributed by atoms with Gasteiger partial charge in [0.05, 0.1) is 12.3 Å².